The van der Waals surface area contributed by atoms with Gasteiger partial charge in [-0.3, -0.25) is 0 Å². The maximum Gasteiger partial charge on any atom is 0.231 e. The van der Waals surface area contributed by atoms with Crippen LogP contribution >= 0.6 is 0 Å². The van der Waals surface area contributed by atoms with Crippen molar-refractivity contribution < 1.29 is 18.9 Å². The van der Waals surface area contributed by atoms with Gasteiger partial charge in [0.15, 0.2) is 11.5 Å². The second kappa shape index (κ2) is 5.28. The SMILES string of the molecule is COc1cc(-c2cc(C)c3ccc4c(c3n2)CCO4)cc2c1OCO2. The minimum Gasteiger partial charge on any atom is -0.493 e. The van der Waals surface area contributed by atoms with Crippen molar-refractivity contribution in [3.63, 3.8) is 0 Å². The zero-order chi connectivity index (χ0) is 17.0. The van der Waals surface area contributed by atoms with Crippen molar-refractivity contribution in [1.29, 1.82) is 0 Å². The highest BCUT2D eigenvalue weighted by Gasteiger charge is 2.22. The molecule has 2 aliphatic heterocycles. The summed E-state index contributed by atoms with van der Waals surface area (Å²) in [7, 11) is 1.63. The molecule has 5 heteroatoms. The van der Waals surface area contributed by atoms with Crippen molar-refractivity contribution in [2.45, 2.75) is 13.3 Å². The number of methoxy groups -OCH3 is 1. The summed E-state index contributed by atoms with van der Waals surface area (Å²) in [4.78, 5) is 4.95. The zero-order valence-electron chi connectivity index (χ0n) is 14.1. The summed E-state index contributed by atoms with van der Waals surface area (Å²) >= 11 is 0. The molecule has 0 unspecified atom stereocenters. The molecule has 126 valence electrons. The van der Waals surface area contributed by atoms with E-state index >= 15 is 0 Å². The molecule has 3 aromatic rings. The summed E-state index contributed by atoms with van der Waals surface area (Å²) in [6.45, 7) is 3.04. The third-order valence-electron chi connectivity index (χ3n) is 4.81. The van der Waals surface area contributed by atoms with Crippen molar-refractivity contribution in [1.82, 2.24) is 4.98 Å². The predicted molar refractivity (Wildman–Crippen MR) is 93.8 cm³/mol. The molecule has 0 saturated carbocycles. The molecule has 5 rings (SSSR count). The summed E-state index contributed by atoms with van der Waals surface area (Å²) in [5.41, 5.74) is 5.23. The van der Waals surface area contributed by atoms with Crippen molar-refractivity contribution in [2.24, 2.45) is 0 Å². The lowest BCUT2D eigenvalue weighted by atomic mass is 10.0. The van der Waals surface area contributed by atoms with Gasteiger partial charge in [-0.15, -0.1) is 0 Å². The van der Waals surface area contributed by atoms with Gasteiger partial charge in [-0.05, 0) is 42.8 Å². The minimum atomic E-state index is 0.212. The predicted octanol–water partition coefficient (Wildman–Crippen LogP) is 3.88. The molecule has 2 aliphatic rings. The van der Waals surface area contributed by atoms with Gasteiger partial charge in [-0.25, -0.2) is 4.98 Å². The van der Waals surface area contributed by atoms with Crippen LogP contribution < -0.4 is 18.9 Å². The summed E-state index contributed by atoms with van der Waals surface area (Å²) in [6, 6.07) is 10.1. The molecule has 1 aromatic heterocycles. The summed E-state index contributed by atoms with van der Waals surface area (Å²) in [6.07, 6.45) is 0.896. The van der Waals surface area contributed by atoms with Crippen molar-refractivity contribution >= 4 is 10.9 Å². The molecule has 0 radical (unpaired) electrons. The average molecular weight is 335 g/mol. The van der Waals surface area contributed by atoms with Crippen LogP contribution in [0.2, 0.25) is 0 Å². The molecular weight excluding hydrogens is 318 g/mol. The van der Waals surface area contributed by atoms with Gasteiger partial charge in [-0.1, -0.05) is 0 Å². The van der Waals surface area contributed by atoms with E-state index in [0.29, 0.717) is 17.2 Å². The van der Waals surface area contributed by atoms with Crippen LogP contribution in [0.15, 0.2) is 30.3 Å². The Morgan fingerprint density at radius 3 is 2.84 bits per heavy atom. The molecule has 0 amide bonds. The van der Waals surface area contributed by atoms with Crippen LogP contribution in [0.3, 0.4) is 0 Å². The molecular formula is C20H17NO4. The summed E-state index contributed by atoms with van der Waals surface area (Å²) in [5, 5.41) is 1.17. The Morgan fingerprint density at radius 1 is 1.04 bits per heavy atom. The van der Waals surface area contributed by atoms with Crippen LogP contribution in [-0.4, -0.2) is 25.5 Å². The number of hydrogen-bond donors (Lipinski definition) is 0. The van der Waals surface area contributed by atoms with E-state index in [1.807, 2.05) is 18.2 Å². The summed E-state index contributed by atoms with van der Waals surface area (Å²) in [5.74, 6) is 2.94. The fraction of sp³-hybridized carbons (Fsp3) is 0.250. The van der Waals surface area contributed by atoms with Gasteiger partial charge in [0.05, 0.1) is 24.9 Å². The Hall–Kier alpha value is -2.95. The highest BCUT2D eigenvalue weighted by molar-refractivity contribution is 5.90. The van der Waals surface area contributed by atoms with E-state index < -0.39 is 0 Å². The molecule has 3 heterocycles. The van der Waals surface area contributed by atoms with Crippen LogP contribution in [0.5, 0.6) is 23.0 Å². The first kappa shape index (κ1) is 14.4. The minimum absolute atomic E-state index is 0.212. The van der Waals surface area contributed by atoms with Crippen molar-refractivity contribution in [3.05, 3.63) is 41.5 Å². The van der Waals surface area contributed by atoms with Gasteiger partial charge < -0.3 is 18.9 Å². The Balaban J connectivity index is 1.74. The molecule has 5 nitrogen and oxygen atoms in total. The second-order valence-electron chi connectivity index (χ2n) is 6.27. The Morgan fingerprint density at radius 2 is 1.96 bits per heavy atom. The van der Waals surface area contributed by atoms with Gasteiger partial charge in [-0.2, -0.15) is 0 Å². The quantitative estimate of drug-likeness (QED) is 0.711. The first-order valence-electron chi connectivity index (χ1n) is 8.28. The Bertz CT molecular complexity index is 1010. The number of nitrogens with zero attached hydrogens (tertiary/aromatic N) is 1. The molecule has 0 fully saturated rings. The molecule has 0 spiro atoms. The van der Waals surface area contributed by atoms with E-state index in [9.17, 15) is 0 Å². The van der Waals surface area contributed by atoms with E-state index in [2.05, 4.69) is 19.1 Å². The van der Waals surface area contributed by atoms with Gasteiger partial charge in [0.25, 0.3) is 0 Å². The second-order valence-corrected chi connectivity index (χ2v) is 6.27. The van der Waals surface area contributed by atoms with E-state index in [1.165, 1.54) is 16.5 Å². The molecule has 0 saturated heterocycles. The molecule has 0 bridgehead atoms. The smallest absolute Gasteiger partial charge is 0.231 e. The fourth-order valence-electron chi connectivity index (χ4n) is 3.56. The van der Waals surface area contributed by atoms with Gasteiger partial charge >= 0.3 is 0 Å². The van der Waals surface area contributed by atoms with Gasteiger partial charge in [0.1, 0.15) is 5.75 Å². The van der Waals surface area contributed by atoms with Crippen LogP contribution in [-0.2, 0) is 6.42 Å². The lowest BCUT2D eigenvalue weighted by Gasteiger charge is -2.11. The number of benzene rings is 2. The number of rotatable bonds is 2. The molecule has 25 heavy (non-hydrogen) atoms. The zero-order valence-corrected chi connectivity index (χ0v) is 14.1. The number of hydrogen-bond acceptors (Lipinski definition) is 5. The van der Waals surface area contributed by atoms with Gasteiger partial charge in [0.2, 0.25) is 12.5 Å². The molecule has 0 aliphatic carbocycles. The molecule has 0 N–H and O–H groups in total. The molecule has 2 aromatic carbocycles. The fourth-order valence-corrected chi connectivity index (χ4v) is 3.56. The standard InChI is InChI=1S/C20H17NO4/c1-11-7-15(12-8-17(22-2)20-18(9-12)24-10-25-20)21-19-13(11)3-4-16-14(19)5-6-23-16/h3-4,7-9H,5-6,10H2,1-2H3. The van der Waals surface area contributed by atoms with E-state index in [-0.39, 0.29) is 6.79 Å². The lowest BCUT2D eigenvalue weighted by molar-refractivity contribution is 0.171. The van der Waals surface area contributed by atoms with Crippen LogP contribution in [0.4, 0.5) is 0 Å². The number of fused-ring (bicyclic) bond motifs is 4. The number of pyridine rings is 1. The Kier molecular flexibility index (Phi) is 3.04. The average Bonchev–Trinajstić information content (AvgIpc) is 3.29. The third kappa shape index (κ3) is 2.12. The normalized spacial score (nSPS) is 14.5. The third-order valence-corrected chi connectivity index (χ3v) is 4.81. The van der Waals surface area contributed by atoms with Crippen LogP contribution in [0.1, 0.15) is 11.1 Å². The van der Waals surface area contributed by atoms with Crippen LogP contribution in [0, 0.1) is 6.92 Å². The number of aromatic nitrogens is 1. The summed E-state index contributed by atoms with van der Waals surface area (Å²) < 4.78 is 22.2. The first-order chi connectivity index (χ1) is 12.2. The highest BCUT2D eigenvalue weighted by atomic mass is 16.7. The van der Waals surface area contributed by atoms with Gasteiger partial charge in [0, 0.05) is 22.9 Å². The first-order valence-corrected chi connectivity index (χ1v) is 8.28. The van der Waals surface area contributed by atoms with Crippen LogP contribution in [0.25, 0.3) is 22.2 Å². The largest absolute Gasteiger partial charge is 0.493 e. The number of ether oxygens (including phenoxy) is 4. The lowest BCUT2D eigenvalue weighted by Crippen LogP contribution is -1.94. The maximum absolute atomic E-state index is 5.69. The van der Waals surface area contributed by atoms with Crippen molar-refractivity contribution in [2.75, 3.05) is 20.5 Å². The maximum atomic E-state index is 5.69. The van der Waals surface area contributed by atoms with E-state index in [1.54, 1.807) is 7.11 Å². The monoisotopic (exact) mass is 335 g/mol. The topological polar surface area (TPSA) is 49.8 Å². The van der Waals surface area contributed by atoms with Crippen molar-refractivity contribution in [3.8, 4) is 34.3 Å². The highest BCUT2D eigenvalue weighted by Crippen LogP contribution is 2.44. The molecule has 0 atom stereocenters. The van der Waals surface area contributed by atoms with E-state index in [4.69, 9.17) is 23.9 Å². The van der Waals surface area contributed by atoms with E-state index in [0.717, 1.165) is 35.6 Å². The Labute approximate surface area is 145 Å². The number of aryl methyl sites for hydroxylation is 1.